The monoisotopic (exact) mass is 425 g/mol. The van der Waals surface area contributed by atoms with Gasteiger partial charge in [-0.05, 0) is 49.1 Å². The zero-order valence-electron chi connectivity index (χ0n) is 17.8. The molecule has 1 saturated heterocycles. The van der Waals surface area contributed by atoms with Gasteiger partial charge in [0.05, 0.1) is 25.5 Å². The van der Waals surface area contributed by atoms with E-state index in [1.165, 1.54) is 0 Å². The second-order valence-corrected chi connectivity index (χ2v) is 7.19. The van der Waals surface area contributed by atoms with Crippen molar-refractivity contribution in [1.82, 2.24) is 10.2 Å². The molecule has 1 aliphatic heterocycles. The van der Waals surface area contributed by atoms with E-state index < -0.39 is 11.8 Å². The number of hydrogen-bond acceptors (Lipinski definition) is 5. The molecule has 3 rings (SSSR count). The molecule has 0 aromatic heterocycles. The summed E-state index contributed by atoms with van der Waals surface area (Å²) in [6, 6.07) is 12.2. The Morgan fingerprint density at radius 3 is 2.35 bits per heavy atom. The van der Waals surface area contributed by atoms with Crippen molar-refractivity contribution in [3.63, 3.8) is 0 Å². The normalized spacial score (nSPS) is 12.9. The summed E-state index contributed by atoms with van der Waals surface area (Å²) in [5.74, 6) is -0.486. The third kappa shape index (κ3) is 5.53. The van der Waals surface area contributed by atoms with Crippen LogP contribution in [0.1, 0.15) is 28.8 Å². The first-order valence-corrected chi connectivity index (χ1v) is 10.2. The topological polar surface area (TPSA) is 97.0 Å². The van der Waals surface area contributed by atoms with Crippen LogP contribution in [0.3, 0.4) is 0 Å². The number of para-hydroxylation sites is 1. The molecule has 8 nitrogen and oxygen atoms in total. The average molecular weight is 425 g/mol. The standard InChI is InChI=1S/C23H27N3O5/c1-30-19-10-9-16(15-20(19)31-2)11-12-24-21(27)22(28)25-18-8-4-3-7-17(18)23(29)26-13-5-6-14-26/h3-4,7-10,15H,5-6,11-14H2,1-2H3,(H,24,27)(H,25,28). The van der Waals surface area contributed by atoms with Gasteiger partial charge in [0, 0.05) is 19.6 Å². The molecule has 1 heterocycles. The van der Waals surface area contributed by atoms with Crippen molar-refractivity contribution in [2.24, 2.45) is 0 Å². The summed E-state index contributed by atoms with van der Waals surface area (Å²) in [4.78, 5) is 39.0. The van der Waals surface area contributed by atoms with Crippen LogP contribution in [0.5, 0.6) is 11.5 Å². The first kappa shape index (κ1) is 22.1. The van der Waals surface area contributed by atoms with Crippen LogP contribution >= 0.6 is 0 Å². The van der Waals surface area contributed by atoms with E-state index in [0.29, 0.717) is 42.3 Å². The molecular weight excluding hydrogens is 398 g/mol. The van der Waals surface area contributed by atoms with Crippen LogP contribution in [-0.2, 0) is 16.0 Å². The lowest BCUT2D eigenvalue weighted by Crippen LogP contribution is -2.37. The Bertz CT molecular complexity index is 954. The van der Waals surface area contributed by atoms with Gasteiger partial charge in [0.1, 0.15) is 0 Å². The summed E-state index contributed by atoms with van der Waals surface area (Å²) in [7, 11) is 3.12. The molecule has 0 spiro atoms. The smallest absolute Gasteiger partial charge is 0.313 e. The van der Waals surface area contributed by atoms with Gasteiger partial charge in [-0.3, -0.25) is 14.4 Å². The fraction of sp³-hybridized carbons (Fsp3) is 0.348. The minimum absolute atomic E-state index is 0.137. The van der Waals surface area contributed by atoms with E-state index in [0.717, 1.165) is 18.4 Å². The Balaban J connectivity index is 1.55. The van der Waals surface area contributed by atoms with Crippen LogP contribution in [0.4, 0.5) is 5.69 Å². The third-order valence-corrected chi connectivity index (χ3v) is 5.15. The molecule has 0 unspecified atom stereocenters. The fourth-order valence-electron chi connectivity index (χ4n) is 3.49. The SMILES string of the molecule is COc1ccc(CCNC(=O)C(=O)Nc2ccccc2C(=O)N2CCCC2)cc1OC. The van der Waals surface area contributed by atoms with Gasteiger partial charge in [0.2, 0.25) is 0 Å². The maximum atomic E-state index is 12.7. The first-order valence-electron chi connectivity index (χ1n) is 10.2. The first-order chi connectivity index (χ1) is 15.0. The molecule has 31 heavy (non-hydrogen) atoms. The number of likely N-dealkylation sites (tertiary alicyclic amines) is 1. The van der Waals surface area contributed by atoms with Gasteiger partial charge >= 0.3 is 11.8 Å². The molecule has 0 radical (unpaired) electrons. The van der Waals surface area contributed by atoms with Crippen molar-refractivity contribution in [1.29, 1.82) is 0 Å². The number of amides is 3. The van der Waals surface area contributed by atoms with Gasteiger partial charge in [0.15, 0.2) is 11.5 Å². The molecule has 0 bridgehead atoms. The summed E-state index contributed by atoms with van der Waals surface area (Å²) in [5.41, 5.74) is 1.65. The van der Waals surface area contributed by atoms with E-state index in [4.69, 9.17) is 9.47 Å². The average Bonchev–Trinajstić information content (AvgIpc) is 3.33. The molecule has 1 fully saturated rings. The number of ether oxygens (including phenoxy) is 2. The van der Waals surface area contributed by atoms with E-state index in [1.807, 2.05) is 12.1 Å². The second-order valence-electron chi connectivity index (χ2n) is 7.19. The number of carbonyl (C=O) groups excluding carboxylic acids is 3. The molecule has 0 atom stereocenters. The van der Waals surface area contributed by atoms with Gasteiger partial charge in [-0.1, -0.05) is 18.2 Å². The van der Waals surface area contributed by atoms with Crippen LogP contribution in [0, 0.1) is 0 Å². The second kappa shape index (κ2) is 10.5. The number of benzene rings is 2. The van der Waals surface area contributed by atoms with Gasteiger partial charge in [-0.15, -0.1) is 0 Å². The number of nitrogens with one attached hydrogen (secondary N) is 2. The highest BCUT2D eigenvalue weighted by Crippen LogP contribution is 2.27. The summed E-state index contributed by atoms with van der Waals surface area (Å²) in [6.07, 6.45) is 2.47. The van der Waals surface area contributed by atoms with Crippen LogP contribution in [-0.4, -0.2) is 56.5 Å². The highest BCUT2D eigenvalue weighted by atomic mass is 16.5. The molecule has 2 aromatic rings. The molecular formula is C23H27N3O5. The number of anilines is 1. The summed E-state index contributed by atoms with van der Waals surface area (Å²) in [5, 5.41) is 5.16. The number of carbonyl (C=O) groups is 3. The molecule has 0 aliphatic carbocycles. The van der Waals surface area contributed by atoms with Crippen LogP contribution in [0.25, 0.3) is 0 Å². The minimum Gasteiger partial charge on any atom is -0.493 e. The Hall–Kier alpha value is -3.55. The van der Waals surface area contributed by atoms with Gasteiger partial charge in [-0.25, -0.2) is 0 Å². The Morgan fingerprint density at radius 2 is 1.65 bits per heavy atom. The maximum Gasteiger partial charge on any atom is 0.313 e. The molecule has 0 saturated carbocycles. The molecule has 1 aliphatic rings. The predicted molar refractivity (Wildman–Crippen MR) is 116 cm³/mol. The highest BCUT2D eigenvalue weighted by Gasteiger charge is 2.23. The lowest BCUT2D eigenvalue weighted by Gasteiger charge is -2.17. The van der Waals surface area contributed by atoms with Gasteiger partial charge < -0.3 is 25.0 Å². The van der Waals surface area contributed by atoms with Crippen molar-refractivity contribution in [2.45, 2.75) is 19.3 Å². The van der Waals surface area contributed by atoms with Crippen molar-refractivity contribution < 1.29 is 23.9 Å². The molecule has 3 amide bonds. The molecule has 2 aromatic carbocycles. The number of rotatable bonds is 7. The Kier molecular flexibility index (Phi) is 7.48. The summed E-state index contributed by atoms with van der Waals surface area (Å²) >= 11 is 0. The summed E-state index contributed by atoms with van der Waals surface area (Å²) < 4.78 is 10.5. The molecule has 2 N–H and O–H groups in total. The van der Waals surface area contributed by atoms with Gasteiger partial charge in [-0.2, -0.15) is 0 Å². The maximum absolute atomic E-state index is 12.7. The highest BCUT2D eigenvalue weighted by molar-refractivity contribution is 6.40. The van der Waals surface area contributed by atoms with E-state index in [2.05, 4.69) is 10.6 Å². The largest absolute Gasteiger partial charge is 0.493 e. The Morgan fingerprint density at radius 1 is 0.935 bits per heavy atom. The third-order valence-electron chi connectivity index (χ3n) is 5.15. The van der Waals surface area contributed by atoms with Crippen molar-refractivity contribution >= 4 is 23.4 Å². The van der Waals surface area contributed by atoms with Crippen LogP contribution in [0.2, 0.25) is 0 Å². The predicted octanol–water partition coefficient (Wildman–Crippen LogP) is 2.24. The fourth-order valence-corrected chi connectivity index (χ4v) is 3.49. The van der Waals surface area contributed by atoms with Crippen molar-refractivity contribution in [2.75, 3.05) is 39.2 Å². The van der Waals surface area contributed by atoms with Crippen molar-refractivity contribution in [3.05, 3.63) is 53.6 Å². The lowest BCUT2D eigenvalue weighted by atomic mass is 10.1. The van der Waals surface area contributed by atoms with Crippen LogP contribution < -0.4 is 20.1 Å². The minimum atomic E-state index is -0.811. The van der Waals surface area contributed by atoms with E-state index >= 15 is 0 Å². The number of nitrogens with zero attached hydrogens (tertiary/aromatic N) is 1. The number of methoxy groups -OCH3 is 2. The van der Waals surface area contributed by atoms with Crippen LogP contribution in [0.15, 0.2) is 42.5 Å². The Labute approximate surface area is 181 Å². The van der Waals surface area contributed by atoms with Crippen molar-refractivity contribution in [3.8, 4) is 11.5 Å². The molecule has 164 valence electrons. The van der Waals surface area contributed by atoms with E-state index in [9.17, 15) is 14.4 Å². The van der Waals surface area contributed by atoms with E-state index in [1.54, 1.807) is 49.5 Å². The van der Waals surface area contributed by atoms with E-state index in [-0.39, 0.29) is 12.5 Å². The number of hydrogen-bond donors (Lipinski definition) is 2. The quantitative estimate of drug-likeness (QED) is 0.663. The zero-order chi connectivity index (χ0) is 22.2. The molecule has 8 heteroatoms. The lowest BCUT2D eigenvalue weighted by molar-refractivity contribution is -0.136. The summed E-state index contributed by atoms with van der Waals surface area (Å²) in [6.45, 7) is 1.69. The zero-order valence-corrected chi connectivity index (χ0v) is 17.8. The van der Waals surface area contributed by atoms with Gasteiger partial charge in [0.25, 0.3) is 5.91 Å².